The molecule has 0 amide bonds. The maximum Gasteiger partial charge on any atom is 0.334 e. The van der Waals surface area contributed by atoms with Crippen LogP contribution in [0.3, 0.4) is 0 Å². The second-order valence-electron chi connectivity index (χ2n) is 6.26. The minimum absolute atomic E-state index is 0.0664. The monoisotopic (exact) mass is 224 g/mol. The highest BCUT2D eigenvalue weighted by Crippen LogP contribution is 2.27. The Labute approximate surface area is 99.1 Å². The lowest BCUT2D eigenvalue weighted by molar-refractivity contribution is -0.138. The number of rotatable bonds is 3. The summed E-state index contributed by atoms with van der Waals surface area (Å²) in [6.07, 6.45) is 5.08. The molecule has 1 aliphatic heterocycles. The first-order valence-corrected chi connectivity index (χ1v) is 6.18. The summed E-state index contributed by atoms with van der Waals surface area (Å²) in [6.45, 7) is 10.9. The Morgan fingerprint density at radius 1 is 1.50 bits per heavy atom. The third-order valence-corrected chi connectivity index (χ3v) is 2.81. The van der Waals surface area contributed by atoms with Crippen LogP contribution < -0.4 is 0 Å². The van der Waals surface area contributed by atoms with Crippen LogP contribution in [0.4, 0.5) is 0 Å². The Morgan fingerprint density at radius 3 is 2.56 bits per heavy atom. The van der Waals surface area contributed by atoms with E-state index in [1.807, 2.05) is 6.92 Å². The topological polar surface area (TPSA) is 26.3 Å². The van der Waals surface area contributed by atoms with Crippen LogP contribution >= 0.6 is 0 Å². The highest BCUT2D eigenvalue weighted by molar-refractivity contribution is 5.90. The number of hydrogen-bond acceptors (Lipinski definition) is 2. The van der Waals surface area contributed by atoms with E-state index in [9.17, 15) is 4.79 Å². The zero-order chi connectivity index (χ0) is 12.3. The van der Waals surface area contributed by atoms with Gasteiger partial charge in [-0.25, -0.2) is 4.79 Å². The highest BCUT2D eigenvalue weighted by Gasteiger charge is 2.25. The molecule has 1 rings (SSSR count). The Morgan fingerprint density at radius 2 is 2.12 bits per heavy atom. The number of hydrogen-bond donors (Lipinski definition) is 0. The fourth-order valence-corrected chi connectivity index (χ4v) is 2.33. The van der Waals surface area contributed by atoms with Crippen LogP contribution in [0, 0.1) is 11.3 Å². The van der Waals surface area contributed by atoms with Crippen molar-refractivity contribution in [1.29, 1.82) is 0 Å². The van der Waals surface area contributed by atoms with Crippen LogP contribution in [0.25, 0.3) is 0 Å². The standard InChI is InChI=1S/C14H24O2/c1-10(9-14(3,4)5)6-7-12-8-11(2)16-13(12)15/h7,10-11H,6,8-9H2,1-5H3/t10-,11-/m1/s1. The lowest BCUT2D eigenvalue weighted by Crippen LogP contribution is -2.10. The summed E-state index contributed by atoms with van der Waals surface area (Å²) in [4.78, 5) is 11.4. The number of carbonyl (C=O) groups excluding carboxylic acids is 1. The second kappa shape index (κ2) is 5.03. The average Bonchev–Trinajstić information content (AvgIpc) is 2.38. The van der Waals surface area contributed by atoms with Crippen molar-refractivity contribution in [2.24, 2.45) is 11.3 Å². The minimum atomic E-state index is -0.115. The molecule has 0 aromatic rings. The normalized spacial score (nSPS) is 25.9. The second-order valence-corrected chi connectivity index (χ2v) is 6.26. The van der Waals surface area contributed by atoms with Gasteiger partial charge in [0.1, 0.15) is 6.10 Å². The van der Waals surface area contributed by atoms with Gasteiger partial charge in [-0.3, -0.25) is 0 Å². The zero-order valence-corrected chi connectivity index (χ0v) is 11.2. The van der Waals surface area contributed by atoms with E-state index >= 15 is 0 Å². The molecule has 1 saturated heterocycles. The number of carbonyl (C=O) groups is 1. The van der Waals surface area contributed by atoms with Gasteiger partial charge in [0.15, 0.2) is 0 Å². The van der Waals surface area contributed by atoms with E-state index in [4.69, 9.17) is 4.74 Å². The van der Waals surface area contributed by atoms with E-state index < -0.39 is 0 Å². The van der Waals surface area contributed by atoms with Gasteiger partial charge in [-0.05, 0) is 31.1 Å². The zero-order valence-electron chi connectivity index (χ0n) is 11.2. The third kappa shape index (κ3) is 4.38. The molecule has 1 heterocycles. The fourth-order valence-electron chi connectivity index (χ4n) is 2.33. The van der Waals surface area contributed by atoms with Gasteiger partial charge in [-0.15, -0.1) is 0 Å². The third-order valence-electron chi connectivity index (χ3n) is 2.81. The van der Waals surface area contributed by atoms with E-state index in [1.165, 1.54) is 6.42 Å². The molecular formula is C14H24O2. The van der Waals surface area contributed by atoms with Crippen molar-refractivity contribution in [3.63, 3.8) is 0 Å². The predicted molar refractivity (Wildman–Crippen MR) is 66.1 cm³/mol. The summed E-state index contributed by atoms with van der Waals surface area (Å²) in [7, 11) is 0. The van der Waals surface area contributed by atoms with E-state index in [-0.39, 0.29) is 12.1 Å². The Bertz CT molecular complexity index is 284. The number of cyclic esters (lactones) is 1. The predicted octanol–water partition coefficient (Wildman–Crippen LogP) is 3.71. The largest absolute Gasteiger partial charge is 0.459 e. The van der Waals surface area contributed by atoms with E-state index in [0.29, 0.717) is 11.3 Å². The van der Waals surface area contributed by atoms with Gasteiger partial charge in [-0.1, -0.05) is 33.8 Å². The molecule has 0 unspecified atom stereocenters. The van der Waals surface area contributed by atoms with Gasteiger partial charge in [0, 0.05) is 12.0 Å². The average molecular weight is 224 g/mol. The van der Waals surface area contributed by atoms with Gasteiger partial charge >= 0.3 is 5.97 Å². The van der Waals surface area contributed by atoms with Crippen LogP contribution in [-0.4, -0.2) is 12.1 Å². The molecule has 92 valence electrons. The number of allylic oxidation sites excluding steroid dienone is 1. The van der Waals surface area contributed by atoms with Gasteiger partial charge in [-0.2, -0.15) is 0 Å². The quantitative estimate of drug-likeness (QED) is 0.539. The summed E-state index contributed by atoms with van der Waals surface area (Å²) in [5.41, 5.74) is 1.23. The number of esters is 1. The molecule has 0 spiro atoms. The molecule has 1 fully saturated rings. The summed E-state index contributed by atoms with van der Waals surface area (Å²) in [5, 5.41) is 0. The first kappa shape index (κ1) is 13.3. The molecule has 0 aliphatic carbocycles. The molecular weight excluding hydrogens is 200 g/mol. The highest BCUT2D eigenvalue weighted by atomic mass is 16.5. The molecule has 16 heavy (non-hydrogen) atoms. The molecule has 0 N–H and O–H groups in total. The van der Waals surface area contributed by atoms with Gasteiger partial charge in [0.2, 0.25) is 0 Å². The summed E-state index contributed by atoms with van der Waals surface area (Å²) < 4.78 is 5.10. The Balaban J connectivity index is 2.44. The van der Waals surface area contributed by atoms with Gasteiger partial charge in [0.05, 0.1) is 0 Å². The molecule has 2 nitrogen and oxygen atoms in total. The van der Waals surface area contributed by atoms with E-state index in [0.717, 1.165) is 18.4 Å². The van der Waals surface area contributed by atoms with Crippen LogP contribution in [0.2, 0.25) is 0 Å². The molecule has 0 radical (unpaired) electrons. The SMILES string of the molecule is C[C@H](CC=C1C[C@@H](C)OC1=O)CC(C)(C)C. The number of ether oxygens (including phenoxy) is 1. The van der Waals surface area contributed by atoms with E-state index in [1.54, 1.807) is 0 Å². The first-order valence-electron chi connectivity index (χ1n) is 6.18. The molecule has 0 bridgehead atoms. The maximum absolute atomic E-state index is 11.4. The molecule has 0 aromatic carbocycles. The first-order chi connectivity index (χ1) is 7.28. The van der Waals surface area contributed by atoms with Crippen LogP contribution in [0.1, 0.15) is 53.9 Å². The van der Waals surface area contributed by atoms with Crippen molar-refractivity contribution >= 4 is 5.97 Å². The van der Waals surface area contributed by atoms with Gasteiger partial charge in [0.25, 0.3) is 0 Å². The molecule has 2 atom stereocenters. The van der Waals surface area contributed by atoms with Crippen LogP contribution in [-0.2, 0) is 9.53 Å². The maximum atomic E-state index is 11.4. The van der Waals surface area contributed by atoms with Crippen molar-refractivity contribution in [1.82, 2.24) is 0 Å². The molecule has 0 saturated carbocycles. The summed E-state index contributed by atoms with van der Waals surface area (Å²) in [5.74, 6) is 0.506. The Hall–Kier alpha value is -0.790. The van der Waals surface area contributed by atoms with Crippen molar-refractivity contribution in [3.8, 4) is 0 Å². The van der Waals surface area contributed by atoms with Gasteiger partial charge < -0.3 is 4.74 Å². The lowest BCUT2D eigenvalue weighted by Gasteiger charge is -2.22. The van der Waals surface area contributed by atoms with E-state index in [2.05, 4.69) is 33.8 Å². The summed E-state index contributed by atoms with van der Waals surface area (Å²) >= 11 is 0. The van der Waals surface area contributed by atoms with Crippen LogP contribution in [0.15, 0.2) is 11.6 Å². The van der Waals surface area contributed by atoms with Crippen molar-refractivity contribution < 1.29 is 9.53 Å². The van der Waals surface area contributed by atoms with Crippen molar-refractivity contribution in [2.45, 2.75) is 60.0 Å². The fraction of sp³-hybridized carbons (Fsp3) is 0.786. The molecule has 2 heteroatoms. The Kier molecular flexibility index (Phi) is 4.17. The van der Waals surface area contributed by atoms with Crippen molar-refractivity contribution in [3.05, 3.63) is 11.6 Å². The summed E-state index contributed by atoms with van der Waals surface area (Å²) in [6, 6.07) is 0. The lowest BCUT2D eigenvalue weighted by atomic mass is 9.84. The van der Waals surface area contributed by atoms with Crippen molar-refractivity contribution in [2.75, 3.05) is 0 Å². The minimum Gasteiger partial charge on any atom is -0.459 e. The molecule has 0 aromatic heterocycles. The van der Waals surface area contributed by atoms with Crippen LogP contribution in [0.5, 0.6) is 0 Å². The molecule has 1 aliphatic rings. The smallest absolute Gasteiger partial charge is 0.334 e.